The van der Waals surface area contributed by atoms with Gasteiger partial charge in [-0.05, 0) is 247 Å². The predicted molar refractivity (Wildman–Crippen MR) is 294 cm³/mol. The zero-order valence-corrected chi connectivity index (χ0v) is 51.4. The highest BCUT2D eigenvalue weighted by atomic mass is 15.7. The maximum Gasteiger partial charge on any atom is 0.189 e. The Kier molecular flexibility index (Phi) is 50.0. The summed E-state index contributed by atoms with van der Waals surface area (Å²) in [4.78, 5) is 43.9. The van der Waals surface area contributed by atoms with Gasteiger partial charge in [-0.1, -0.05) is 0 Å². The Morgan fingerprint density at radius 1 is 0.212 bits per heavy atom. The van der Waals surface area contributed by atoms with Gasteiger partial charge in [0, 0.05) is 6.67 Å². The van der Waals surface area contributed by atoms with Crippen LogP contribution >= 0.6 is 0 Å². The summed E-state index contributed by atoms with van der Waals surface area (Å²) in [5.74, 6) is -0.167. The summed E-state index contributed by atoms with van der Waals surface area (Å²) < 4.78 is 0. The SMILES string of the molecule is CN(C)C(N(C)C)(N(C)C)N(C)C.CN(C)C(N(C)C)N(C)C.CN(C)CN(C)C.CN(C)CN(C)CN(C)C.CN(C)CN(C)CN(C)CN(C)C.CN(C)CN(CN(C)C)CN(C)C. The van der Waals surface area contributed by atoms with Gasteiger partial charge in [-0.3, -0.25) is 98.0 Å². The molecule has 0 atom stereocenters. The summed E-state index contributed by atoms with van der Waals surface area (Å²) in [7, 11) is 72.9. The van der Waals surface area contributed by atoms with Crippen LogP contribution in [0.25, 0.3) is 0 Å². The molecule has 20 nitrogen and oxygen atoms in total. The number of nitrogens with zero attached hydrogens (tertiary/aromatic N) is 20. The van der Waals surface area contributed by atoms with Gasteiger partial charge >= 0.3 is 0 Å². The van der Waals surface area contributed by atoms with Crippen LogP contribution in [0.4, 0.5) is 0 Å². The van der Waals surface area contributed by atoms with Crippen LogP contribution in [0.5, 0.6) is 0 Å². The Bertz CT molecular complexity index is 895. The van der Waals surface area contributed by atoms with Crippen LogP contribution in [0, 0.1) is 0 Å². The fourth-order valence-electron chi connectivity index (χ4n) is 8.16. The molecule has 0 spiro atoms. The van der Waals surface area contributed by atoms with E-state index in [1.165, 1.54) is 0 Å². The standard InChI is InChI=1S/3C9H24N4.2C7H19N3.C5H14N2/c1-10(2)9(11(3)4,12(5)6)13(7)8;1-10(2)7-12(5)9-13(6)8-11(3)4;1-10(2)7-13(8-11(3)4)9-12(5)6;1-8(2)7(9(3)4)10(5)6;1-8(2)6-10(5)7-9(3)4;1-6(2)5-7(3)4/h1-8H3;2*7-9H2,1-6H3;7H,1-6H3;6-7H2,1-5H3;5H2,1-4H3. The summed E-state index contributed by atoms with van der Waals surface area (Å²) in [5, 5.41) is 0. The summed E-state index contributed by atoms with van der Waals surface area (Å²) in [6, 6.07) is 0. The molecule has 0 aromatic rings. The first-order valence-corrected chi connectivity index (χ1v) is 23.0. The van der Waals surface area contributed by atoms with Gasteiger partial charge in [-0.15, -0.1) is 0 Å². The lowest BCUT2D eigenvalue weighted by Gasteiger charge is -2.53. The average Bonchev–Trinajstić information content (AvgIpc) is 3.02. The quantitative estimate of drug-likeness (QED) is 0.111. The summed E-state index contributed by atoms with van der Waals surface area (Å²) in [6.45, 7) is 9.03. The highest BCUT2D eigenvalue weighted by Crippen LogP contribution is 2.20. The van der Waals surface area contributed by atoms with Crippen LogP contribution in [-0.4, -0.2) is 417 Å². The molecule has 0 N–H and O–H groups in total. The van der Waals surface area contributed by atoms with Gasteiger partial charge in [-0.25, -0.2) is 0 Å². The summed E-state index contributed by atoms with van der Waals surface area (Å²) >= 11 is 0. The molecule has 0 amide bonds. The van der Waals surface area contributed by atoms with Crippen molar-refractivity contribution in [1.82, 2.24) is 98.0 Å². The van der Waals surface area contributed by atoms with Crippen molar-refractivity contribution in [2.24, 2.45) is 0 Å². The Labute approximate surface area is 415 Å². The van der Waals surface area contributed by atoms with Gasteiger partial charge in [0.25, 0.3) is 0 Å². The first-order valence-electron chi connectivity index (χ1n) is 23.0. The highest BCUT2D eigenvalue weighted by Gasteiger charge is 2.40. The van der Waals surface area contributed by atoms with E-state index in [4.69, 9.17) is 0 Å². The van der Waals surface area contributed by atoms with E-state index < -0.39 is 0 Å². The number of hydrogen-bond donors (Lipinski definition) is 0. The molecule has 0 bridgehead atoms. The zero-order chi connectivity index (χ0) is 54.0. The van der Waals surface area contributed by atoms with E-state index in [1.54, 1.807) is 0 Å². The Morgan fingerprint density at radius 3 is 0.470 bits per heavy atom. The van der Waals surface area contributed by atoms with E-state index >= 15 is 0 Å². The van der Waals surface area contributed by atoms with E-state index in [1.807, 2.05) is 0 Å². The molecule has 408 valence electrons. The second kappa shape index (κ2) is 43.0. The third-order valence-corrected chi connectivity index (χ3v) is 8.38. The van der Waals surface area contributed by atoms with E-state index in [0.29, 0.717) is 6.29 Å². The number of rotatable bonds is 25. The summed E-state index contributed by atoms with van der Waals surface area (Å²) in [6.07, 6.45) is 0.389. The zero-order valence-electron chi connectivity index (χ0n) is 51.4. The molecule has 0 aliphatic carbocycles. The largest absolute Gasteiger partial charge is 0.297 e. The molecule has 66 heavy (non-hydrogen) atoms. The van der Waals surface area contributed by atoms with E-state index in [-0.39, 0.29) is 5.91 Å². The second-order valence-electron chi connectivity index (χ2n) is 21.6. The van der Waals surface area contributed by atoms with Crippen molar-refractivity contribution in [2.75, 3.05) is 307 Å². The lowest BCUT2D eigenvalue weighted by Crippen LogP contribution is -2.71. The molecular weight excluding hydrogens is 833 g/mol. The van der Waals surface area contributed by atoms with Crippen molar-refractivity contribution in [3.8, 4) is 0 Å². The predicted octanol–water partition coefficient (Wildman–Crippen LogP) is -0.486. The molecule has 0 fully saturated rings. The molecule has 0 aromatic carbocycles. The van der Waals surface area contributed by atoms with E-state index in [9.17, 15) is 0 Å². The lowest BCUT2D eigenvalue weighted by molar-refractivity contribution is -0.200. The van der Waals surface area contributed by atoms with E-state index in [0.717, 1.165) is 60.0 Å². The molecule has 0 aliphatic rings. The molecule has 0 aromatic heterocycles. The van der Waals surface area contributed by atoms with Gasteiger partial charge in [0.15, 0.2) is 5.91 Å². The van der Waals surface area contributed by atoms with E-state index in [2.05, 4.69) is 345 Å². The molecule has 20 heteroatoms. The smallest absolute Gasteiger partial charge is 0.189 e. The minimum Gasteiger partial charge on any atom is -0.297 e. The molecule has 0 heterocycles. The minimum atomic E-state index is -0.167. The summed E-state index contributed by atoms with van der Waals surface area (Å²) in [5.41, 5.74) is 0. The van der Waals surface area contributed by atoms with Crippen molar-refractivity contribution in [2.45, 2.75) is 12.2 Å². The Balaban J connectivity index is -0.000000165. The topological polar surface area (TPSA) is 64.8 Å². The van der Waals surface area contributed by atoms with Gasteiger partial charge in [-0.2, -0.15) is 0 Å². The Morgan fingerprint density at radius 2 is 0.379 bits per heavy atom. The van der Waals surface area contributed by atoms with Crippen LogP contribution in [-0.2, 0) is 0 Å². The molecule has 0 aliphatic heterocycles. The van der Waals surface area contributed by atoms with Crippen molar-refractivity contribution in [1.29, 1.82) is 0 Å². The fourth-order valence-corrected chi connectivity index (χ4v) is 8.16. The monoisotopic (exact) mass is 957 g/mol. The fraction of sp³-hybridized carbons (Fsp3) is 1.00. The highest BCUT2D eigenvalue weighted by molar-refractivity contribution is 4.79. The van der Waals surface area contributed by atoms with Gasteiger partial charge in [0.1, 0.15) is 6.29 Å². The molecule has 0 radical (unpaired) electrons. The van der Waals surface area contributed by atoms with Crippen molar-refractivity contribution >= 4 is 0 Å². The van der Waals surface area contributed by atoms with Gasteiger partial charge in [0.2, 0.25) is 0 Å². The minimum absolute atomic E-state index is 0.167. The first kappa shape index (κ1) is 76.7. The maximum atomic E-state index is 2.38. The third-order valence-electron chi connectivity index (χ3n) is 8.38. The molecule has 0 unspecified atom stereocenters. The molecular formula is C46H124N20. The van der Waals surface area contributed by atoms with Crippen LogP contribution in [0.2, 0.25) is 0 Å². The molecule has 0 rings (SSSR count). The van der Waals surface area contributed by atoms with Crippen LogP contribution in [0.15, 0.2) is 0 Å². The van der Waals surface area contributed by atoms with Crippen molar-refractivity contribution in [3.63, 3.8) is 0 Å². The normalized spacial score (nSPS) is 12.5. The third kappa shape index (κ3) is 48.2. The maximum absolute atomic E-state index is 2.38. The van der Waals surface area contributed by atoms with Crippen LogP contribution in [0.3, 0.4) is 0 Å². The number of hydrogen-bond acceptors (Lipinski definition) is 20. The second-order valence-corrected chi connectivity index (χ2v) is 21.6. The lowest BCUT2D eigenvalue weighted by atomic mass is 10.4. The van der Waals surface area contributed by atoms with Gasteiger partial charge in [0.05, 0.1) is 53.3 Å². The molecule has 0 saturated heterocycles. The van der Waals surface area contributed by atoms with Gasteiger partial charge < -0.3 is 0 Å². The average molecular weight is 958 g/mol. The van der Waals surface area contributed by atoms with Crippen molar-refractivity contribution < 1.29 is 0 Å². The van der Waals surface area contributed by atoms with Crippen molar-refractivity contribution in [3.05, 3.63) is 0 Å². The first-order chi connectivity index (χ1) is 29.7. The van der Waals surface area contributed by atoms with Crippen LogP contribution < -0.4 is 0 Å². The Hall–Kier alpha value is -0.800. The van der Waals surface area contributed by atoms with Crippen LogP contribution in [0.1, 0.15) is 0 Å². The molecule has 0 saturated carbocycles.